The summed E-state index contributed by atoms with van der Waals surface area (Å²) < 4.78 is 0. The summed E-state index contributed by atoms with van der Waals surface area (Å²) in [6, 6.07) is 7.20. The van der Waals surface area contributed by atoms with Crippen LogP contribution >= 0.6 is 23.2 Å². The number of benzene rings is 1. The average molecular weight is 272 g/mol. The van der Waals surface area contributed by atoms with Gasteiger partial charge in [-0.2, -0.15) is 0 Å². The zero-order valence-corrected chi connectivity index (χ0v) is 11.0. The number of nitrogens with one attached hydrogen (secondary N) is 1. The zero-order chi connectivity index (χ0) is 12.3. The molecule has 0 heterocycles. The minimum atomic E-state index is -0.0606. The number of carbonyl (C=O) groups is 1. The molecule has 1 saturated carbocycles. The molecule has 1 fully saturated rings. The van der Waals surface area contributed by atoms with Crippen LogP contribution in [-0.2, 0) is 0 Å². The Morgan fingerprint density at radius 3 is 2.94 bits per heavy atom. The molecule has 2 unspecified atom stereocenters. The maximum atomic E-state index is 12.0. The Balaban J connectivity index is 2.01. The molecule has 1 amide bonds. The lowest BCUT2D eigenvalue weighted by atomic mass is 10.1. The normalized spacial score (nSPS) is 23.6. The number of hydrogen-bond acceptors (Lipinski definition) is 1. The van der Waals surface area contributed by atoms with Crippen LogP contribution in [0.2, 0.25) is 5.02 Å². The van der Waals surface area contributed by atoms with Gasteiger partial charge in [-0.3, -0.25) is 4.79 Å². The summed E-state index contributed by atoms with van der Waals surface area (Å²) in [7, 11) is 0. The van der Waals surface area contributed by atoms with E-state index in [9.17, 15) is 4.79 Å². The van der Waals surface area contributed by atoms with Gasteiger partial charge in [0, 0.05) is 22.5 Å². The van der Waals surface area contributed by atoms with Crippen molar-refractivity contribution in [2.75, 3.05) is 5.88 Å². The first-order valence-electron chi connectivity index (χ1n) is 5.83. The van der Waals surface area contributed by atoms with Crippen LogP contribution in [0.15, 0.2) is 24.3 Å². The Morgan fingerprint density at radius 1 is 1.41 bits per heavy atom. The van der Waals surface area contributed by atoms with Gasteiger partial charge < -0.3 is 5.32 Å². The second kappa shape index (κ2) is 5.74. The van der Waals surface area contributed by atoms with Gasteiger partial charge in [-0.1, -0.05) is 24.1 Å². The summed E-state index contributed by atoms with van der Waals surface area (Å²) in [6.45, 7) is 0. The standard InChI is InChI=1S/C13H15Cl2NO/c14-8-10-4-2-6-12(10)16-13(17)9-3-1-5-11(15)7-9/h1,3,5,7,10,12H,2,4,6,8H2,(H,16,17). The molecular weight excluding hydrogens is 257 g/mol. The maximum Gasteiger partial charge on any atom is 0.251 e. The SMILES string of the molecule is O=C(NC1CCCC1CCl)c1cccc(Cl)c1. The molecule has 0 aliphatic heterocycles. The highest BCUT2D eigenvalue weighted by atomic mass is 35.5. The van der Waals surface area contributed by atoms with Gasteiger partial charge in [-0.15, -0.1) is 11.6 Å². The van der Waals surface area contributed by atoms with Crippen molar-refractivity contribution >= 4 is 29.1 Å². The van der Waals surface area contributed by atoms with Gasteiger partial charge >= 0.3 is 0 Å². The van der Waals surface area contributed by atoms with E-state index in [2.05, 4.69) is 5.32 Å². The number of amides is 1. The first-order chi connectivity index (χ1) is 8.20. The van der Waals surface area contributed by atoms with E-state index in [4.69, 9.17) is 23.2 Å². The molecule has 0 saturated heterocycles. The molecule has 2 rings (SSSR count). The zero-order valence-electron chi connectivity index (χ0n) is 9.46. The molecule has 92 valence electrons. The second-order valence-corrected chi connectivity index (χ2v) is 5.18. The molecule has 0 spiro atoms. The van der Waals surface area contributed by atoms with Crippen LogP contribution in [0.1, 0.15) is 29.6 Å². The first kappa shape index (κ1) is 12.7. The highest BCUT2D eigenvalue weighted by molar-refractivity contribution is 6.30. The van der Waals surface area contributed by atoms with Crippen molar-refractivity contribution in [2.45, 2.75) is 25.3 Å². The average Bonchev–Trinajstić information content (AvgIpc) is 2.76. The third-order valence-electron chi connectivity index (χ3n) is 3.26. The van der Waals surface area contributed by atoms with Gasteiger partial charge in [0.25, 0.3) is 5.91 Å². The van der Waals surface area contributed by atoms with Gasteiger partial charge in [-0.25, -0.2) is 0 Å². The van der Waals surface area contributed by atoms with Crippen LogP contribution in [0.25, 0.3) is 0 Å². The largest absolute Gasteiger partial charge is 0.349 e. The van der Waals surface area contributed by atoms with Crippen molar-refractivity contribution in [1.82, 2.24) is 5.32 Å². The van der Waals surface area contributed by atoms with Crippen molar-refractivity contribution in [1.29, 1.82) is 0 Å². The lowest BCUT2D eigenvalue weighted by Crippen LogP contribution is -2.37. The molecule has 1 aromatic rings. The highest BCUT2D eigenvalue weighted by Gasteiger charge is 2.27. The fourth-order valence-corrected chi connectivity index (χ4v) is 2.85. The van der Waals surface area contributed by atoms with Crippen molar-refractivity contribution in [3.05, 3.63) is 34.9 Å². The van der Waals surface area contributed by atoms with E-state index in [1.165, 1.54) is 0 Å². The van der Waals surface area contributed by atoms with Gasteiger partial charge in [0.1, 0.15) is 0 Å². The number of hydrogen-bond donors (Lipinski definition) is 1. The monoisotopic (exact) mass is 271 g/mol. The van der Waals surface area contributed by atoms with Gasteiger partial charge in [0.2, 0.25) is 0 Å². The quantitative estimate of drug-likeness (QED) is 0.838. The Bertz CT molecular complexity index is 408. The van der Waals surface area contributed by atoms with Gasteiger partial charge in [-0.05, 0) is 37.0 Å². The molecule has 2 nitrogen and oxygen atoms in total. The minimum Gasteiger partial charge on any atom is -0.349 e. The van der Waals surface area contributed by atoms with E-state index < -0.39 is 0 Å². The molecule has 1 aromatic carbocycles. The predicted octanol–water partition coefficient (Wildman–Crippen LogP) is 3.48. The van der Waals surface area contributed by atoms with E-state index >= 15 is 0 Å². The molecule has 0 aromatic heterocycles. The molecule has 2 atom stereocenters. The fraction of sp³-hybridized carbons (Fsp3) is 0.462. The summed E-state index contributed by atoms with van der Waals surface area (Å²) in [5, 5.41) is 3.62. The molecular formula is C13H15Cl2NO. The lowest BCUT2D eigenvalue weighted by Gasteiger charge is -2.18. The molecule has 1 N–H and O–H groups in total. The first-order valence-corrected chi connectivity index (χ1v) is 6.74. The Labute approximate surface area is 111 Å². The van der Waals surface area contributed by atoms with E-state index in [-0.39, 0.29) is 11.9 Å². The van der Waals surface area contributed by atoms with Crippen molar-refractivity contribution < 1.29 is 4.79 Å². The maximum absolute atomic E-state index is 12.0. The van der Waals surface area contributed by atoms with Crippen LogP contribution < -0.4 is 5.32 Å². The molecule has 0 bridgehead atoms. The van der Waals surface area contributed by atoms with E-state index in [1.807, 2.05) is 0 Å². The number of rotatable bonds is 3. The Morgan fingerprint density at radius 2 is 2.24 bits per heavy atom. The third kappa shape index (κ3) is 3.14. The second-order valence-electron chi connectivity index (χ2n) is 4.44. The Hall–Kier alpha value is -0.730. The van der Waals surface area contributed by atoms with Crippen molar-refractivity contribution in [3.63, 3.8) is 0 Å². The van der Waals surface area contributed by atoms with Crippen LogP contribution in [0.4, 0.5) is 0 Å². The lowest BCUT2D eigenvalue weighted by molar-refractivity contribution is 0.0930. The van der Waals surface area contributed by atoms with E-state index in [0.717, 1.165) is 19.3 Å². The minimum absolute atomic E-state index is 0.0606. The van der Waals surface area contributed by atoms with Gasteiger partial charge in [0.05, 0.1) is 0 Å². The summed E-state index contributed by atoms with van der Waals surface area (Å²) in [4.78, 5) is 12.0. The summed E-state index contributed by atoms with van der Waals surface area (Å²) in [5.41, 5.74) is 0.609. The van der Waals surface area contributed by atoms with Crippen LogP contribution in [-0.4, -0.2) is 17.8 Å². The fourth-order valence-electron chi connectivity index (χ4n) is 2.29. The van der Waals surface area contributed by atoms with Crippen LogP contribution in [0, 0.1) is 5.92 Å². The van der Waals surface area contributed by atoms with Crippen LogP contribution in [0.3, 0.4) is 0 Å². The van der Waals surface area contributed by atoms with E-state index in [0.29, 0.717) is 22.4 Å². The molecule has 17 heavy (non-hydrogen) atoms. The molecule has 1 aliphatic rings. The highest BCUT2D eigenvalue weighted by Crippen LogP contribution is 2.26. The Kier molecular flexibility index (Phi) is 4.30. The summed E-state index contributed by atoms with van der Waals surface area (Å²) >= 11 is 11.7. The summed E-state index contributed by atoms with van der Waals surface area (Å²) in [5.74, 6) is 0.954. The summed E-state index contributed by atoms with van der Waals surface area (Å²) in [6.07, 6.45) is 3.26. The van der Waals surface area contributed by atoms with Crippen LogP contribution in [0.5, 0.6) is 0 Å². The van der Waals surface area contributed by atoms with Gasteiger partial charge in [0.15, 0.2) is 0 Å². The number of halogens is 2. The van der Waals surface area contributed by atoms with E-state index in [1.54, 1.807) is 24.3 Å². The van der Waals surface area contributed by atoms with Crippen molar-refractivity contribution in [2.24, 2.45) is 5.92 Å². The number of carbonyl (C=O) groups excluding carboxylic acids is 1. The smallest absolute Gasteiger partial charge is 0.251 e. The van der Waals surface area contributed by atoms with Crippen molar-refractivity contribution in [3.8, 4) is 0 Å². The number of alkyl halides is 1. The topological polar surface area (TPSA) is 29.1 Å². The molecule has 1 aliphatic carbocycles. The molecule has 0 radical (unpaired) electrons. The predicted molar refractivity (Wildman–Crippen MR) is 70.8 cm³/mol. The third-order valence-corrected chi connectivity index (χ3v) is 3.89. The molecule has 4 heteroatoms.